The summed E-state index contributed by atoms with van der Waals surface area (Å²) in [7, 11) is -3.95. The first-order valence-electron chi connectivity index (χ1n) is 10.2. The van der Waals surface area contributed by atoms with Crippen LogP contribution in [0.4, 0.5) is 9.52 Å². The molecule has 0 atom stereocenters. The van der Waals surface area contributed by atoms with Gasteiger partial charge in [-0.25, -0.2) is 17.8 Å². The number of anilines is 1. The highest BCUT2D eigenvalue weighted by molar-refractivity contribution is 7.92. The van der Waals surface area contributed by atoms with Crippen LogP contribution >= 0.6 is 22.9 Å². The fourth-order valence-corrected chi connectivity index (χ4v) is 5.84. The summed E-state index contributed by atoms with van der Waals surface area (Å²) in [6.07, 6.45) is 0. The highest BCUT2D eigenvalue weighted by Gasteiger charge is 2.27. The monoisotopic (exact) mass is 497 g/mol. The molecule has 1 heterocycles. The molecule has 172 valence electrons. The maximum absolute atomic E-state index is 13.2. The number of benzene rings is 2. The van der Waals surface area contributed by atoms with E-state index in [1.807, 2.05) is 26.8 Å². The highest BCUT2D eigenvalue weighted by atomic mass is 35.5. The minimum absolute atomic E-state index is 0.0980. The number of amides is 1. The third-order valence-corrected chi connectivity index (χ3v) is 8.39. The summed E-state index contributed by atoms with van der Waals surface area (Å²) < 4.78 is 39.6. The van der Waals surface area contributed by atoms with Crippen LogP contribution < -0.4 is 4.90 Å². The number of rotatable bonds is 9. The van der Waals surface area contributed by atoms with Crippen molar-refractivity contribution in [2.24, 2.45) is 0 Å². The first-order valence-corrected chi connectivity index (χ1v) is 13.1. The molecule has 0 radical (unpaired) electrons. The van der Waals surface area contributed by atoms with Gasteiger partial charge in [-0.3, -0.25) is 9.69 Å². The second-order valence-electron chi connectivity index (χ2n) is 7.32. The number of aromatic nitrogens is 1. The van der Waals surface area contributed by atoms with Crippen molar-refractivity contribution in [1.82, 2.24) is 9.88 Å². The van der Waals surface area contributed by atoms with Gasteiger partial charge in [-0.1, -0.05) is 42.9 Å². The lowest BCUT2D eigenvalue weighted by molar-refractivity contribution is -0.116. The normalized spacial score (nSPS) is 11.9. The molecule has 0 N–H and O–H groups in total. The van der Waals surface area contributed by atoms with Crippen molar-refractivity contribution < 1.29 is 17.6 Å². The molecule has 0 aliphatic heterocycles. The van der Waals surface area contributed by atoms with Gasteiger partial charge in [0.05, 0.1) is 20.1 Å². The largest absolute Gasteiger partial charge is 0.302 e. The SMILES string of the molecule is CCN(CC)CCN(C(=O)CS(=O)(=O)c1ccc(F)cc1)c1nc2c(C)ccc(Cl)c2s1. The predicted octanol–water partition coefficient (Wildman–Crippen LogP) is 4.55. The van der Waals surface area contributed by atoms with Gasteiger partial charge in [0.1, 0.15) is 11.6 Å². The van der Waals surface area contributed by atoms with Gasteiger partial charge in [-0.15, -0.1) is 0 Å². The average molecular weight is 498 g/mol. The van der Waals surface area contributed by atoms with Crippen molar-refractivity contribution in [2.45, 2.75) is 25.7 Å². The molecular weight excluding hydrogens is 473 g/mol. The van der Waals surface area contributed by atoms with Crippen LogP contribution in [0.3, 0.4) is 0 Å². The zero-order valence-corrected chi connectivity index (χ0v) is 20.5. The van der Waals surface area contributed by atoms with Gasteiger partial charge in [0.2, 0.25) is 5.91 Å². The molecule has 0 aliphatic rings. The molecule has 0 saturated heterocycles. The van der Waals surface area contributed by atoms with E-state index in [2.05, 4.69) is 9.88 Å². The Hall–Kier alpha value is -2.07. The number of halogens is 2. The maximum atomic E-state index is 13.2. The molecule has 0 saturated carbocycles. The second-order valence-corrected chi connectivity index (χ2v) is 10.7. The molecule has 0 fully saturated rings. The summed E-state index contributed by atoms with van der Waals surface area (Å²) in [5.74, 6) is -1.87. The Bertz CT molecular complexity index is 1170. The second kappa shape index (κ2) is 10.2. The van der Waals surface area contributed by atoms with Crippen molar-refractivity contribution in [3.8, 4) is 0 Å². The molecule has 2 aromatic carbocycles. The van der Waals surface area contributed by atoms with Crippen LogP contribution in [-0.4, -0.2) is 56.1 Å². The van der Waals surface area contributed by atoms with Gasteiger partial charge < -0.3 is 4.90 Å². The van der Waals surface area contributed by atoms with Crippen LogP contribution in [0.25, 0.3) is 10.2 Å². The third kappa shape index (κ3) is 5.46. The lowest BCUT2D eigenvalue weighted by atomic mass is 10.2. The van der Waals surface area contributed by atoms with Crippen LogP contribution in [0.2, 0.25) is 5.02 Å². The quantitative estimate of drug-likeness (QED) is 0.406. The molecule has 1 aromatic heterocycles. The van der Waals surface area contributed by atoms with E-state index in [1.54, 1.807) is 6.07 Å². The van der Waals surface area contributed by atoms with E-state index >= 15 is 0 Å². The Morgan fingerprint density at radius 3 is 2.34 bits per heavy atom. The standard InChI is InChI=1S/C22H25ClFN3O3S2/c1-4-26(5-2)12-13-27(22-25-20-15(3)6-11-18(23)21(20)31-22)19(28)14-32(29,30)17-9-7-16(24)8-10-17/h6-11H,4-5,12-14H2,1-3H3. The number of carbonyl (C=O) groups excluding carboxylic acids is 1. The molecule has 0 spiro atoms. The molecule has 10 heteroatoms. The fraction of sp³-hybridized carbons (Fsp3) is 0.364. The van der Waals surface area contributed by atoms with E-state index in [0.29, 0.717) is 22.2 Å². The molecule has 0 unspecified atom stereocenters. The van der Waals surface area contributed by atoms with Crippen molar-refractivity contribution in [3.63, 3.8) is 0 Å². The molecule has 0 aliphatic carbocycles. The zero-order valence-electron chi connectivity index (χ0n) is 18.1. The summed E-state index contributed by atoms with van der Waals surface area (Å²) in [5, 5.41) is 0.937. The Morgan fingerprint density at radius 1 is 1.09 bits per heavy atom. The minimum Gasteiger partial charge on any atom is -0.302 e. The maximum Gasteiger partial charge on any atom is 0.244 e. The van der Waals surface area contributed by atoms with Crippen LogP contribution in [-0.2, 0) is 14.6 Å². The van der Waals surface area contributed by atoms with Gasteiger partial charge in [0.15, 0.2) is 15.0 Å². The molecule has 0 bridgehead atoms. The zero-order chi connectivity index (χ0) is 23.5. The number of nitrogens with zero attached hydrogens (tertiary/aromatic N) is 3. The number of fused-ring (bicyclic) bond motifs is 1. The summed E-state index contributed by atoms with van der Waals surface area (Å²) in [6, 6.07) is 8.09. The third-order valence-electron chi connectivity index (χ3n) is 5.24. The summed E-state index contributed by atoms with van der Waals surface area (Å²) >= 11 is 7.59. The number of carbonyl (C=O) groups is 1. The van der Waals surface area contributed by atoms with Gasteiger partial charge >= 0.3 is 0 Å². The number of sulfone groups is 1. The predicted molar refractivity (Wildman–Crippen MR) is 128 cm³/mol. The Balaban J connectivity index is 1.95. The summed E-state index contributed by atoms with van der Waals surface area (Å²) in [5.41, 5.74) is 1.61. The van der Waals surface area contributed by atoms with Gasteiger partial charge in [0, 0.05) is 13.1 Å². The first-order chi connectivity index (χ1) is 15.2. The molecule has 3 aromatic rings. The average Bonchev–Trinajstić information content (AvgIpc) is 3.20. The number of aryl methyl sites for hydroxylation is 1. The van der Waals surface area contributed by atoms with Gasteiger partial charge in [-0.2, -0.15) is 0 Å². The van der Waals surface area contributed by atoms with E-state index in [-0.39, 0.29) is 11.4 Å². The summed E-state index contributed by atoms with van der Waals surface area (Å²) in [4.78, 5) is 21.3. The van der Waals surface area contributed by atoms with Crippen LogP contribution in [0, 0.1) is 12.7 Å². The Morgan fingerprint density at radius 2 is 1.75 bits per heavy atom. The lowest BCUT2D eigenvalue weighted by Crippen LogP contribution is -2.41. The van der Waals surface area contributed by atoms with E-state index in [0.717, 1.165) is 35.5 Å². The Kier molecular flexibility index (Phi) is 7.87. The number of hydrogen-bond donors (Lipinski definition) is 0. The van der Waals surface area contributed by atoms with Crippen LogP contribution in [0.1, 0.15) is 19.4 Å². The van der Waals surface area contributed by atoms with Crippen molar-refractivity contribution in [2.75, 3.05) is 36.8 Å². The lowest BCUT2D eigenvalue weighted by Gasteiger charge is -2.24. The molecule has 32 heavy (non-hydrogen) atoms. The van der Waals surface area contributed by atoms with Crippen molar-refractivity contribution in [3.05, 3.63) is 52.8 Å². The van der Waals surface area contributed by atoms with E-state index < -0.39 is 27.3 Å². The molecular formula is C22H25ClFN3O3S2. The van der Waals surface area contributed by atoms with E-state index in [9.17, 15) is 17.6 Å². The van der Waals surface area contributed by atoms with E-state index in [4.69, 9.17) is 11.6 Å². The van der Waals surface area contributed by atoms with Gasteiger partial charge in [0.25, 0.3) is 0 Å². The number of thiazole rings is 1. The number of hydrogen-bond acceptors (Lipinski definition) is 6. The fourth-order valence-electron chi connectivity index (χ4n) is 3.28. The van der Waals surface area contributed by atoms with E-state index in [1.165, 1.54) is 28.4 Å². The van der Waals surface area contributed by atoms with Crippen LogP contribution in [0.15, 0.2) is 41.3 Å². The minimum atomic E-state index is -3.95. The topological polar surface area (TPSA) is 70.6 Å². The smallest absolute Gasteiger partial charge is 0.244 e. The number of likely N-dealkylation sites (N-methyl/N-ethyl adjacent to an activating group) is 1. The first kappa shape index (κ1) is 24.6. The van der Waals surface area contributed by atoms with Crippen LogP contribution in [0.5, 0.6) is 0 Å². The summed E-state index contributed by atoms with van der Waals surface area (Å²) in [6.45, 7) is 8.41. The van der Waals surface area contributed by atoms with Gasteiger partial charge in [-0.05, 0) is 55.9 Å². The molecule has 3 rings (SSSR count). The highest BCUT2D eigenvalue weighted by Crippen LogP contribution is 2.35. The molecule has 6 nitrogen and oxygen atoms in total. The molecule has 1 amide bonds. The van der Waals surface area contributed by atoms with Crippen molar-refractivity contribution in [1.29, 1.82) is 0 Å². The van der Waals surface area contributed by atoms with Crippen molar-refractivity contribution >= 4 is 54.0 Å². The Labute approximate surface area is 196 Å².